The van der Waals surface area contributed by atoms with Gasteiger partial charge < -0.3 is 10.4 Å². The first-order valence-electron chi connectivity index (χ1n) is 8.58. The van der Waals surface area contributed by atoms with E-state index in [1.807, 2.05) is 0 Å². The minimum atomic E-state index is -3.64. The Balaban J connectivity index is 2.95. The standard InChI is InChI=1S/C17H29NO5S/c1-4-5-11-14(17(20)21)18-16(19)15(12(2)3)24(22,23)13-9-7-6-8-10-13/h4,12-15H,1,5-11H2,2-3H3,(H,18,19)(H,20,21). The highest BCUT2D eigenvalue weighted by Crippen LogP contribution is 2.29. The van der Waals surface area contributed by atoms with E-state index in [2.05, 4.69) is 11.9 Å². The van der Waals surface area contributed by atoms with Crippen LogP contribution in [-0.2, 0) is 19.4 Å². The SMILES string of the molecule is C=CCCC(NC(=O)C(C(C)C)S(=O)(=O)C1CCCCC1)C(=O)O. The van der Waals surface area contributed by atoms with Crippen molar-refractivity contribution < 1.29 is 23.1 Å². The summed E-state index contributed by atoms with van der Waals surface area (Å²) in [4.78, 5) is 23.9. The van der Waals surface area contributed by atoms with Crippen molar-refractivity contribution >= 4 is 21.7 Å². The Morgan fingerprint density at radius 3 is 2.29 bits per heavy atom. The molecule has 1 aliphatic rings. The lowest BCUT2D eigenvalue weighted by atomic mass is 10.0. The fourth-order valence-corrected chi connectivity index (χ4v) is 5.76. The summed E-state index contributed by atoms with van der Waals surface area (Å²) in [5.74, 6) is -2.28. The summed E-state index contributed by atoms with van der Waals surface area (Å²) >= 11 is 0. The first kappa shape index (κ1) is 20.7. The van der Waals surface area contributed by atoms with Crippen LogP contribution in [0.25, 0.3) is 0 Å². The number of aliphatic carboxylic acids is 1. The first-order chi connectivity index (χ1) is 11.2. The lowest BCUT2D eigenvalue weighted by Crippen LogP contribution is -2.51. The van der Waals surface area contributed by atoms with E-state index in [4.69, 9.17) is 0 Å². The monoisotopic (exact) mass is 359 g/mol. The Kier molecular flexibility index (Phi) is 7.93. The highest BCUT2D eigenvalue weighted by molar-refractivity contribution is 7.93. The molecule has 1 aliphatic carbocycles. The third-order valence-electron chi connectivity index (χ3n) is 4.51. The predicted octanol–water partition coefficient (Wildman–Crippen LogP) is 2.29. The Labute approximate surface area is 144 Å². The zero-order valence-corrected chi connectivity index (χ0v) is 15.3. The van der Waals surface area contributed by atoms with Crippen LogP contribution in [0, 0.1) is 5.92 Å². The van der Waals surface area contributed by atoms with E-state index in [1.165, 1.54) is 0 Å². The van der Waals surface area contributed by atoms with Gasteiger partial charge in [-0.25, -0.2) is 13.2 Å². The van der Waals surface area contributed by atoms with Crippen LogP contribution in [0.4, 0.5) is 0 Å². The molecule has 0 aliphatic heterocycles. The molecule has 0 aromatic rings. The van der Waals surface area contributed by atoms with Gasteiger partial charge >= 0.3 is 5.97 Å². The van der Waals surface area contributed by atoms with E-state index < -0.39 is 44.2 Å². The van der Waals surface area contributed by atoms with E-state index >= 15 is 0 Å². The molecule has 1 rings (SSSR count). The van der Waals surface area contributed by atoms with E-state index in [-0.39, 0.29) is 6.42 Å². The molecule has 1 saturated carbocycles. The quantitative estimate of drug-likeness (QED) is 0.615. The number of nitrogens with one attached hydrogen (secondary N) is 1. The van der Waals surface area contributed by atoms with Gasteiger partial charge in [0.2, 0.25) is 5.91 Å². The number of carboxylic acids is 1. The van der Waals surface area contributed by atoms with Crippen LogP contribution in [-0.4, -0.2) is 41.9 Å². The fraction of sp³-hybridized carbons (Fsp3) is 0.765. The smallest absolute Gasteiger partial charge is 0.326 e. The van der Waals surface area contributed by atoms with Crippen molar-refractivity contribution in [2.24, 2.45) is 5.92 Å². The van der Waals surface area contributed by atoms with E-state index in [1.54, 1.807) is 19.9 Å². The summed E-state index contributed by atoms with van der Waals surface area (Å²) in [5, 5.41) is 9.93. The minimum absolute atomic E-state index is 0.193. The summed E-state index contributed by atoms with van der Waals surface area (Å²) in [5.41, 5.74) is 0. The maximum absolute atomic E-state index is 12.9. The van der Waals surface area contributed by atoms with Gasteiger partial charge in [-0.1, -0.05) is 39.2 Å². The van der Waals surface area contributed by atoms with E-state index in [0.717, 1.165) is 19.3 Å². The van der Waals surface area contributed by atoms with Crippen LogP contribution in [0.15, 0.2) is 12.7 Å². The number of carbonyl (C=O) groups is 2. The van der Waals surface area contributed by atoms with Gasteiger partial charge in [-0.15, -0.1) is 6.58 Å². The zero-order chi connectivity index (χ0) is 18.3. The molecule has 1 fully saturated rings. The summed E-state index contributed by atoms with van der Waals surface area (Å²) in [6.45, 7) is 6.90. The van der Waals surface area contributed by atoms with Gasteiger partial charge in [-0.3, -0.25) is 4.79 Å². The number of sulfone groups is 1. The van der Waals surface area contributed by atoms with Crippen molar-refractivity contribution in [3.05, 3.63) is 12.7 Å². The van der Waals surface area contributed by atoms with E-state index in [9.17, 15) is 23.1 Å². The van der Waals surface area contributed by atoms with Gasteiger partial charge in [0.15, 0.2) is 9.84 Å². The molecule has 138 valence electrons. The van der Waals surface area contributed by atoms with Crippen LogP contribution in [0.1, 0.15) is 58.8 Å². The summed E-state index contributed by atoms with van der Waals surface area (Å²) in [7, 11) is -3.64. The number of amides is 1. The van der Waals surface area contributed by atoms with Crippen molar-refractivity contribution in [2.75, 3.05) is 0 Å². The first-order valence-corrected chi connectivity index (χ1v) is 10.2. The molecule has 0 saturated heterocycles. The summed E-state index contributed by atoms with van der Waals surface area (Å²) in [6.07, 6.45) is 6.09. The average molecular weight is 359 g/mol. The molecule has 24 heavy (non-hydrogen) atoms. The zero-order valence-electron chi connectivity index (χ0n) is 14.5. The molecule has 2 unspecified atom stereocenters. The maximum atomic E-state index is 12.9. The molecule has 2 N–H and O–H groups in total. The molecule has 2 atom stereocenters. The van der Waals surface area contributed by atoms with Crippen molar-refractivity contribution in [3.63, 3.8) is 0 Å². The summed E-state index contributed by atoms with van der Waals surface area (Å²) in [6, 6.07) is -1.10. The van der Waals surface area contributed by atoms with Gasteiger partial charge in [0, 0.05) is 0 Å². The highest BCUT2D eigenvalue weighted by atomic mass is 32.2. The Morgan fingerprint density at radius 2 is 1.83 bits per heavy atom. The second-order valence-corrected chi connectivity index (χ2v) is 9.13. The van der Waals surface area contributed by atoms with Crippen molar-refractivity contribution in [1.29, 1.82) is 0 Å². The molecule has 0 aromatic heterocycles. The Bertz CT molecular complexity index is 549. The van der Waals surface area contributed by atoms with Crippen LogP contribution in [0.5, 0.6) is 0 Å². The number of carbonyl (C=O) groups excluding carboxylic acids is 1. The number of rotatable bonds is 9. The molecule has 6 nitrogen and oxygen atoms in total. The molecule has 0 radical (unpaired) electrons. The predicted molar refractivity (Wildman–Crippen MR) is 93.4 cm³/mol. The molecule has 0 bridgehead atoms. The van der Waals surface area contributed by atoms with Gasteiger partial charge in [0.25, 0.3) is 0 Å². The highest BCUT2D eigenvalue weighted by Gasteiger charge is 2.42. The maximum Gasteiger partial charge on any atom is 0.326 e. The normalized spacial score (nSPS) is 18.8. The topological polar surface area (TPSA) is 101 Å². The van der Waals surface area contributed by atoms with Crippen LogP contribution >= 0.6 is 0 Å². The number of carboxylic acid groups (broad SMARTS) is 1. The van der Waals surface area contributed by atoms with E-state index in [0.29, 0.717) is 19.3 Å². The van der Waals surface area contributed by atoms with Crippen LogP contribution in [0.2, 0.25) is 0 Å². The molecule has 7 heteroatoms. The van der Waals surface area contributed by atoms with Crippen molar-refractivity contribution in [1.82, 2.24) is 5.32 Å². The third kappa shape index (κ3) is 5.33. The Hall–Kier alpha value is -1.37. The van der Waals surface area contributed by atoms with Crippen LogP contribution in [0.3, 0.4) is 0 Å². The third-order valence-corrected chi connectivity index (χ3v) is 7.38. The lowest BCUT2D eigenvalue weighted by molar-refractivity contribution is -0.142. The van der Waals surface area contributed by atoms with Crippen molar-refractivity contribution in [2.45, 2.75) is 75.3 Å². The molecule has 0 spiro atoms. The average Bonchev–Trinajstić information content (AvgIpc) is 2.51. The molecule has 0 aromatic carbocycles. The lowest BCUT2D eigenvalue weighted by Gasteiger charge is -2.29. The summed E-state index contributed by atoms with van der Waals surface area (Å²) < 4.78 is 25.8. The van der Waals surface area contributed by atoms with Gasteiger partial charge in [0.1, 0.15) is 11.3 Å². The van der Waals surface area contributed by atoms with Gasteiger partial charge in [0.05, 0.1) is 5.25 Å². The fourth-order valence-electron chi connectivity index (χ4n) is 3.23. The van der Waals surface area contributed by atoms with Crippen molar-refractivity contribution in [3.8, 4) is 0 Å². The molecular formula is C17H29NO5S. The second kappa shape index (κ2) is 9.20. The minimum Gasteiger partial charge on any atom is -0.480 e. The number of hydrogen-bond donors (Lipinski definition) is 2. The number of hydrogen-bond acceptors (Lipinski definition) is 4. The van der Waals surface area contributed by atoms with Gasteiger partial charge in [-0.2, -0.15) is 0 Å². The van der Waals surface area contributed by atoms with Crippen LogP contribution < -0.4 is 5.32 Å². The molecule has 0 heterocycles. The number of allylic oxidation sites excluding steroid dienone is 1. The second-order valence-electron chi connectivity index (χ2n) is 6.78. The molecular weight excluding hydrogens is 330 g/mol. The Morgan fingerprint density at radius 1 is 1.25 bits per heavy atom. The molecule has 1 amide bonds. The van der Waals surface area contributed by atoms with Gasteiger partial charge in [-0.05, 0) is 31.6 Å². The largest absolute Gasteiger partial charge is 0.480 e.